The summed E-state index contributed by atoms with van der Waals surface area (Å²) in [5.74, 6) is 0.843. The molecule has 1 rings (SSSR count). The molecule has 0 spiro atoms. The zero-order chi connectivity index (χ0) is 10.0. The van der Waals surface area contributed by atoms with E-state index in [0.29, 0.717) is 12.0 Å². The van der Waals surface area contributed by atoms with E-state index in [4.69, 9.17) is 0 Å². The van der Waals surface area contributed by atoms with Crippen LogP contribution in [0.25, 0.3) is 0 Å². The molecule has 0 bridgehead atoms. The number of piperidine rings is 1. The van der Waals surface area contributed by atoms with Crippen LogP contribution in [0.15, 0.2) is 12.2 Å². The molecule has 0 unspecified atom stereocenters. The third kappa shape index (κ3) is 2.55. The molecule has 0 saturated carbocycles. The summed E-state index contributed by atoms with van der Waals surface area (Å²) in [7, 11) is 0. The molecule has 1 aliphatic heterocycles. The summed E-state index contributed by atoms with van der Waals surface area (Å²) in [6, 6.07) is 0.464. The zero-order valence-electron chi connectivity index (χ0n) is 8.88. The Kier molecular flexibility index (Phi) is 3.51. The number of hydrogen-bond donors (Lipinski definition) is 2. The van der Waals surface area contributed by atoms with Gasteiger partial charge in [-0.05, 0) is 19.3 Å². The first-order chi connectivity index (χ1) is 6.02. The average molecular weight is 183 g/mol. The Bertz CT molecular complexity index is 189. The van der Waals surface area contributed by atoms with Gasteiger partial charge in [-0.3, -0.25) is 0 Å². The lowest BCUT2D eigenvalue weighted by atomic mass is 9.84. The highest BCUT2D eigenvalue weighted by molar-refractivity contribution is 5.03. The topological polar surface area (TPSA) is 32.3 Å². The molecule has 0 aliphatic carbocycles. The fourth-order valence-electron chi connectivity index (χ4n) is 1.93. The van der Waals surface area contributed by atoms with Crippen LogP contribution in [0.2, 0.25) is 0 Å². The highest BCUT2D eigenvalue weighted by atomic mass is 16.3. The number of nitrogens with one attached hydrogen (secondary N) is 1. The van der Waals surface area contributed by atoms with Gasteiger partial charge in [0.15, 0.2) is 0 Å². The van der Waals surface area contributed by atoms with Crippen molar-refractivity contribution in [3.05, 3.63) is 12.2 Å². The van der Waals surface area contributed by atoms with Crippen molar-refractivity contribution < 1.29 is 5.11 Å². The number of hydrogen-bond acceptors (Lipinski definition) is 2. The van der Waals surface area contributed by atoms with E-state index in [1.807, 2.05) is 6.92 Å². The van der Waals surface area contributed by atoms with Crippen molar-refractivity contribution in [2.75, 3.05) is 6.54 Å². The van der Waals surface area contributed by atoms with Crippen molar-refractivity contribution >= 4 is 0 Å². The van der Waals surface area contributed by atoms with Gasteiger partial charge >= 0.3 is 0 Å². The normalized spacial score (nSPS) is 35.0. The van der Waals surface area contributed by atoms with Crippen LogP contribution in [-0.4, -0.2) is 23.8 Å². The van der Waals surface area contributed by atoms with Gasteiger partial charge in [0, 0.05) is 18.5 Å². The minimum atomic E-state index is -0.203. The molecule has 2 heteroatoms. The van der Waals surface area contributed by atoms with Gasteiger partial charge in [0.25, 0.3) is 0 Å². The first-order valence-corrected chi connectivity index (χ1v) is 5.09. The van der Waals surface area contributed by atoms with Crippen LogP contribution >= 0.6 is 0 Å². The smallest absolute Gasteiger partial charge is 0.0632 e. The second kappa shape index (κ2) is 4.25. The van der Waals surface area contributed by atoms with Gasteiger partial charge in [-0.1, -0.05) is 26.0 Å². The molecule has 1 heterocycles. The van der Waals surface area contributed by atoms with Gasteiger partial charge in [-0.25, -0.2) is 0 Å². The van der Waals surface area contributed by atoms with Gasteiger partial charge in [0.2, 0.25) is 0 Å². The molecule has 0 aromatic rings. The fourth-order valence-corrected chi connectivity index (χ4v) is 1.93. The summed E-state index contributed by atoms with van der Waals surface area (Å²) in [6.07, 6.45) is 0.654. The maximum atomic E-state index is 9.86. The third-order valence-corrected chi connectivity index (χ3v) is 3.00. The molecule has 1 saturated heterocycles. The summed E-state index contributed by atoms with van der Waals surface area (Å²) in [5, 5.41) is 13.3. The molecule has 2 nitrogen and oxygen atoms in total. The van der Waals surface area contributed by atoms with Crippen LogP contribution in [0.3, 0.4) is 0 Å². The molecule has 3 atom stereocenters. The van der Waals surface area contributed by atoms with Crippen molar-refractivity contribution in [3.8, 4) is 0 Å². The van der Waals surface area contributed by atoms with E-state index in [2.05, 4.69) is 25.7 Å². The van der Waals surface area contributed by atoms with Gasteiger partial charge in [-0.15, -0.1) is 0 Å². The maximum absolute atomic E-state index is 9.86. The molecule has 0 aromatic heterocycles. The van der Waals surface area contributed by atoms with Crippen LogP contribution in [0.1, 0.15) is 27.2 Å². The Balaban J connectivity index is 2.51. The van der Waals surface area contributed by atoms with E-state index in [0.717, 1.165) is 18.5 Å². The summed E-state index contributed by atoms with van der Waals surface area (Å²) in [5.41, 5.74) is 1.09. The van der Waals surface area contributed by atoms with Crippen LogP contribution in [0.4, 0.5) is 0 Å². The third-order valence-electron chi connectivity index (χ3n) is 3.00. The Morgan fingerprint density at radius 2 is 2.15 bits per heavy atom. The van der Waals surface area contributed by atoms with E-state index in [-0.39, 0.29) is 12.0 Å². The van der Waals surface area contributed by atoms with Crippen LogP contribution in [-0.2, 0) is 0 Å². The number of rotatable bonds is 2. The molecular formula is C11H21NO. The van der Waals surface area contributed by atoms with Crippen LogP contribution in [0.5, 0.6) is 0 Å². The second-order valence-corrected chi connectivity index (χ2v) is 4.51. The zero-order valence-corrected chi connectivity index (χ0v) is 8.88. The van der Waals surface area contributed by atoms with Crippen LogP contribution in [0, 0.1) is 11.8 Å². The Hall–Kier alpha value is -0.340. The summed E-state index contributed by atoms with van der Waals surface area (Å²) >= 11 is 0. The van der Waals surface area contributed by atoms with E-state index in [1.165, 1.54) is 0 Å². The predicted octanol–water partition coefficient (Wildman–Crippen LogP) is 1.56. The molecule has 0 radical (unpaired) electrons. The fraction of sp³-hybridized carbons (Fsp3) is 0.818. The van der Waals surface area contributed by atoms with E-state index in [1.54, 1.807) is 0 Å². The van der Waals surface area contributed by atoms with Crippen molar-refractivity contribution in [1.82, 2.24) is 5.32 Å². The van der Waals surface area contributed by atoms with Crippen molar-refractivity contribution in [3.63, 3.8) is 0 Å². The molecule has 1 fully saturated rings. The summed E-state index contributed by atoms with van der Waals surface area (Å²) in [6.45, 7) is 11.1. The lowest BCUT2D eigenvalue weighted by molar-refractivity contribution is 0.0670. The van der Waals surface area contributed by atoms with E-state index in [9.17, 15) is 5.11 Å². The van der Waals surface area contributed by atoms with E-state index >= 15 is 0 Å². The Labute approximate surface area is 81.0 Å². The molecule has 1 aliphatic rings. The van der Waals surface area contributed by atoms with Gasteiger partial charge in [-0.2, -0.15) is 0 Å². The standard InChI is InChI=1S/C11H21NO/c1-7(2)9-6-12-10(8(3)4)5-11(9)13/h8-13H,1,5-6H2,2-4H3/t9-,10-,11+/m1/s1. The lowest BCUT2D eigenvalue weighted by Gasteiger charge is -2.36. The molecule has 2 N–H and O–H groups in total. The molecular weight excluding hydrogens is 162 g/mol. The average Bonchev–Trinajstić information content (AvgIpc) is 2.03. The Morgan fingerprint density at radius 3 is 2.54 bits per heavy atom. The summed E-state index contributed by atoms with van der Waals surface area (Å²) in [4.78, 5) is 0. The first kappa shape index (κ1) is 10.7. The monoisotopic (exact) mass is 183 g/mol. The minimum absolute atomic E-state index is 0.203. The Morgan fingerprint density at radius 1 is 1.54 bits per heavy atom. The number of aliphatic hydroxyl groups is 1. The first-order valence-electron chi connectivity index (χ1n) is 5.09. The van der Waals surface area contributed by atoms with Crippen molar-refractivity contribution in [2.24, 2.45) is 11.8 Å². The second-order valence-electron chi connectivity index (χ2n) is 4.51. The summed E-state index contributed by atoms with van der Waals surface area (Å²) < 4.78 is 0. The quantitative estimate of drug-likeness (QED) is 0.637. The van der Waals surface area contributed by atoms with Gasteiger partial charge < -0.3 is 10.4 Å². The van der Waals surface area contributed by atoms with Crippen LogP contribution < -0.4 is 5.32 Å². The lowest BCUT2D eigenvalue weighted by Crippen LogP contribution is -2.49. The van der Waals surface area contributed by atoms with Crippen molar-refractivity contribution in [2.45, 2.75) is 39.3 Å². The van der Waals surface area contributed by atoms with Gasteiger partial charge in [0.05, 0.1) is 6.10 Å². The predicted molar refractivity (Wildman–Crippen MR) is 55.6 cm³/mol. The molecule has 0 aromatic carbocycles. The highest BCUT2D eigenvalue weighted by Crippen LogP contribution is 2.23. The largest absolute Gasteiger partial charge is 0.392 e. The van der Waals surface area contributed by atoms with Crippen molar-refractivity contribution in [1.29, 1.82) is 0 Å². The molecule has 13 heavy (non-hydrogen) atoms. The number of aliphatic hydroxyl groups excluding tert-OH is 1. The maximum Gasteiger partial charge on any atom is 0.0632 e. The molecule has 0 amide bonds. The van der Waals surface area contributed by atoms with Gasteiger partial charge in [0.1, 0.15) is 0 Å². The van der Waals surface area contributed by atoms with E-state index < -0.39 is 0 Å². The molecule has 76 valence electrons. The highest BCUT2D eigenvalue weighted by Gasteiger charge is 2.30. The SMILES string of the molecule is C=C(C)[C@H]1CN[C@@H](C(C)C)C[C@@H]1O. The minimum Gasteiger partial charge on any atom is -0.392 e.